The standard InChI is InChI=1S/C20H12BrN/c21-16-11-9-15(10-12-16)13-14-22-19-7-3-1-5-17(19)18-6-2-4-8-20(18)22/h1-12H. The first-order chi connectivity index (χ1) is 10.8. The van der Waals surface area contributed by atoms with E-state index in [1.54, 1.807) is 0 Å². The second-order valence-corrected chi connectivity index (χ2v) is 6.03. The Balaban J connectivity index is 1.96. The molecular weight excluding hydrogens is 334 g/mol. The van der Waals surface area contributed by atoms with E-state index in [0.29, 0.717) is 0 Å². The number of hydrogen-bond donors (Lipinski definition) is 0. The van der Waals surface area contributed by atoms with Crippen LogP contribution in [-0.4, -0.2) is 4.57 Å². The molecule has 0 spiro atoms. The van der Waals surface area contributed by atoms with Gasteiger partial charge in [0.1, 0.15) is 0 Å². The number of fused-ring (bicyclic) bond motifs is 3. The van der Waals surface area contributed by atoms with Gasteiger partial charge in [0.15, 0.2) is 0 Å². The number of nitrogens with zero attached hydrogens (tertiary/aromatic N) is 1. The van der Waals surface area contributed by atoms with Crippen LogP contribution in [0.5, 0.6) is 0 Å². The predicted octanol–water partition coefficient (Wildman–Crippen LogP) is 5.41. The molecule has 4 aromatic rings. The minimum atomic E-state index is 1.00. The van der Waals surface area contributed by atoms with Crippen LogP contribution >= 0.6 is 15.9 Å². The van der Waals surface area contributed by atoms with E-state index in [-0.39, 0.29) is 0 Å². The first kappa shape index (κ1) is 13.2. The molecule has 1 aromatic heterocycles. The molecule has 0 aliphatic heterocycles. The van der Waals surface area contributed by atoms with Crippen LogP contribution in [0.4, 0.5) is 0 Å². The van der Waals surface area contributed by atoms with Crippen molar-refractivity contribution >= 4 is 37.7 Å². The second-order valence-electron chi connectivity index (χ2n) is 5.11. The van der Waals surface area contributed by atoms with Gasteiger partial charge >= 0.3 is 0 Å². The quantitative estimate of drug-likeness (QED) is 0.375. The summed E-state index contributed by atoms with van der Waals surface area (Å²) >= 11 is 3.45. The topological polar surface area (TPSA) is 4.93 Å². The van der Waals surface area contributed by atoms with Crippen LogP contribution in [0, 0.1) is 12.0 Å². The van der Waals surface area contributed by atoms with Gasteiger partial charge in [-0.15, -0.1) is 0 Å². The summed E-state index contributed by atoms with van der Waals surface area (Å²) in [5.74, 6) is 3.25. The molecule has 0 amide bonds. The molecule has 0 unspecified atom stereocenters. The highest BCUT2D eigenvalue weighted by Crippen LogP contribution is 2.27. The normalized spacial score (nSPS) is 10.6. The van der Waals surface area contributed by atoms with E-state index < -0.39 is 0 Å². The molecule has 0 bridgehead atoms. The van der Waals surface area contributed by atoms with Crippen molar-refractivity contribution in [3.63, 3.8) is 0 Å². The molecule has 0 saturated carbocycles. The molecule has 2 heteroatoms. The number of para-hydroxylation sites is 2. The Hall–Kier alpha value is -2.50. The molecule has 0 aliphatic rings. The molecular formula is C20H12BrN. The SMILES string of the molecule is Brc1ccc(C#Cn2c3ccccc3c3ccccc32)cc1. The fourth-order valence-corrected chi connectivity index (χ4v) is 2.96. The van der Waals surface area contributed by atoms with Crippen LogP contribution in [0.1, 0.15) is 5.56 Å². The lowest BCUT2D eigenvalue weighted by Crippen LogP contribution is -1.87. The molecule has 0 fully saturated rings. The lowest BCUT2D eigenvalue weighted by Gasteiger charge is -1.96. The maximum atomic E-state index is 3.45. The van der Waals surface area contributed by atoms with E-state index in [9.17, 15) is 0 Å². The second kappa shape index (κ2) is 5.36. The van der Waals surface area contributed by atoms with Crippen LogP contribution in [0.15, 0.2) is 77.3 Å². The molecule has 4 rings (SSSR count). The highest BCUT2D eigenvalue weighted by molar-refractivity contribution is 9.10. The summed E-state index contributed by atoms with van der Waals surface area (Å²) in [6.07, 6.45) is 0. The Morgan fingerprint density at radius 2 is 1.23 bits per heavy atom. The summed E-state index contributed by atoms with van der Waals surface area (Å²) in [5.41, 5.74) is 3.30. The smallest absolute Gasteiger partial charge is 0.0625 e. The average molecular weight is 346 g/mol. The third-order valence-corrected chi connectivity index (χ3v) is 4.27. The number of halogens is 1. The molecule has 0 atom stereocenters. The Kier molecular flexibility index (Phi) is 3.21. The number of hydrogen-bond acceptors (Lipinski definition) is 0. The summed E-state index contributed by atoms with van der Waals surface area (Å²) in [6.45, 7) is 0. The Morgan fingerprint density at radius 1 is 0.682 bits per heavy atom. The van der Waals surface area contributed by atoms with Gasteiger partial charge in [0.2, 0.25) is 0 Å². The molecule has 0 aliphatic carbocycles. The predicted molar refractivity (Wildman–Crippen MR) is 95.9 cm³/mol. The van der Waals surface area contributed by atoms with E-state index >= 15 is 0 Å². The van der Waals surface area contributed by atoms with E-state index in [0.717, 1.165) is 21.1 Å². The summed E-state index contributed by atoms with van der Waals surface area (Å²) in [5, 5.41) is 2.48. The highest BCUT2D eigenvalue weighted by Gasteiger charge is 2.07. The van der Waals surface area contributed by atoms with Crippen LogP contribution in [0.3, 0.4) is 0 Å². The number of rotatable bonds is 0. The first-order valence-electron chi connectivity index (χ1n) is 7.09. The minimum Gasteiger partial charge on any atom is -0.268 e. The molecule has 0 saturated heterocycles. The van der Waals surface area contributed by atoms with Gasteiger partial charge in [0.25, 0.3) is 0 Å². The minimum absolute atomic E-state index is 1.00. The van der Waals surface area contributed by atoms with E-state index in [4.69, 9.17) is 0 Å². The Bertz CT molecular complexity index is 977. The zero-order valence-corrected chi connectivity index (χ0v) is 13.3. The Morgan fingerprint density at radius 3 is 1.82 bits per heavy atom. The van der Waals surface area contributed by atoms with Crippen LogP contribution in [0.25, 0.3) is 21.8 Å². The van der Waals surface area contributed by atoms with E-state index in [1.165, 1.54) is 10.8 Å². The lowest BCUT2D eigenvalue weighted by molar-refractivity contribution is 1.26. The maximum absolute atomic E-state index is 3.45. The molecule has 3 aromatic carbocycles. The third-order valence-electron chi connectivity index (χ3n) is 3.74. The van der Waals surface area contributed by atoms with Gasteiger partial charge in [-0.25, -0.2) is 0 Å². The van der Waals surface area contributed by atoms with Gasteiger partial charge < -0.3 is 0 Å². The van der Waals surface area contributed by atoms with Crippen molar-refractivity contribution in [1.29, 1.82) is 0 Å². The van der Waals surface area contributed by atoms with Gasteiger partial charge in [-0.05, 0) is 42.3 Å². The highest BCUT2D eigenvalue weighted by atomic mass is 79.9. The van der Waals surface area contributed by atoms with Crippen molar-refractivity contribution in [3.05, 3.63) is 82.8 Å². The van der Waals surface area contributed by atoms with Gasteiger partial charge in [-0.1, -0.05) is 52.3 Å². The summed E-state index contributed by atoms with van der Waals surface area (Å²) in [4.78, 5) is 0. The van der Waals surface area contributed by atoms with Crippen molar-refractivity contribution in [1.82, 2.24) is 4.57 Å². The molecule has 1 nitrogen and oxygen atoms in total. The van der Waals surface area contributed by atoms with Crippen molar-refractivity contribution < 1.29 is 0 Å². The van der Waals surface area contributed by atoms with Crippen molar-refractivity contribution in [2.24, 2.45) is 0 Å². The van der Waals surface area contributed by atoms with Crippen molar-refractivity contribution in [2.45, 2.75) is 0 Å². The average Bonchev–Trinajstić information content (AvgIpc) is 2.89. The maximum Gasteiger partial charge on any atom is 0.0625 e. The van der Waals surface area contributed by atoms with Gasteiger partial charge in [-0.2, -0.15) is 0 Å². The number of benzene rings is 3. The summed E-state index contributed by atoms with van der Waals surface area (Å²) in [6, 6.07) is 28.1. The fourth-order valence-electron chi connectivity index (χ4n) is 2.70. The molecule has 1 heterocycles. The Labute approximate surface area is 137 Å². The summed E-state index contributed by atoms with van der Waals surface area (Å²) in [7, 11) is 0. The zero-order chi connectivity index (χ0) is 14.9. The molecule has 22 heavy (non-hydrogen) atoms. The van der Waals surface area contributed by atoms with E-state index in [2.05, 4.69) is 81.0 Å². The molecule has 104 valence electrons. The monoisotopic (exact) mass is 345 g/mol. The van der Waals surface area contributed by atoms with Crippen molar-refractivity contribution in [2.75, 3.05) is 0 Å². The molecule has 0 radical (unpaired) electrons. The van der Waals surface area contributed by atoms with Gasteiger partial charge in [-0.3, -0.25) is 4.57 Å². The van der Waals surface area contributed by atoms with Crippen LogP contribution < -0.4 is 0 Å². The zero-order valence-electron chi connectivity index (χ0n) is 11.8. The lowest BCUT2D eigenvalue weighted by atomic mass is 10.2. The fraction of sp³-hybridized carbons (Fsp3) is 0. The molecule has 0 N–H and O–H groups in total. The van der Waals surface area contributed by atoms with E-state index in [1.807, 2.05) is 24.3 Å². The van der Waals surface area contributed by atoms with Gasteiger partial charge in [0, 0.05) is 26.9 Å². The first-order valence-corrected chi connectivity index (χ1v) is 7.88. The van der Waals surface area contributed by atoms with Crippen molar-refractivity contribution in [3.8, 4) is 12.0 Å². The number of aromatic nitrogens is 1. The van der Waals surface area contributed by atoms with Gasteiger partial charge in [0.05, 0.1) is 11.0 Å². The van der Waals surface area contributed by atoms with Crippen LogP contribution in [-0.2, 0) is 0 Å². The summed E-state index contributed by atoms with van der Waals surface area (Å²) < 4.78 is 3.14. The van der Waals surface area contributed by atoms with Crippen LogP contribution in [0.2, 0.25) is 0 Å². The third kappa shape index (κ3) is 2.20. The largest absolute Gasteiger partial charge is 0.268 e.